The summed E-state index contributed by atoms with van der Waals surface area (Å²) in [5.74, 6) is 1.80. The average Bonchev–Trinajstić information content (AvgIpc) is 3.20. The Kier molecular flexibility index (Phi) is 6.86. The van der Waals surface area contributed by atoms with Crippen LogP contribution in [0.25, 0.3) is 0 Å². The number of ether oxygens (including phenoxy) is 2. The summed E-state index contributed by atoms with van der Waals surface area (Å²) in [6, 6.07) is 15.3. The average molecular weight is 515 g/mol. The van der Waals surface area contributed by atoms with E-state index in [0.717, 1.165) is 27.1 Å². The Hall–Kier alpha value is -2.78. The lowest BCUT2D eigenvalue weighted by molar-refractivity contribution is -0.136. The highest BCUT2D eigenvalue weighted by molar-refractivity contribution is 9.10. The van der Waals surface area contributed by atoms with Gasteiger partial charge in [-0.05, 0) is 48.1 Å². The van der Waals surface area contributed by atoms with Crippen LogP contribution in [0.3, 0.4) is 0 Å². The zero-order chi connectivity index (χ0) is 22.7. The monoisotopic (exact) mass is 514 g/mol. The van der Waals surface area contributed by atoms with Crippen molar-refractivity contribution in [3.05, 3.63) is 75.4 Å². The topological polar surface area (TPSA) is 78.3 Å². The summed E-state index contributed by atoms with van der Waals surface area (Å²) in [4.78, 5) is 17.2. The molecule has 3 aromatic rings. The van der Waals surface area contributed by atoms with Gasteiger partial charge in [-0.25, -0.2) is 9.48 Å². The predicted molar refractivity (Wildman–Crippen MR) is 128 cm³/mol. The number of thioether (sulfide) groups is 1. The predicted octanol–water partition coefficient (Wildman–Crippen LogP) is 5.19. The number of carbonyl (C=O) groups excluding carboxylic acids is 1. The molecule has 0 radical (unpaired) electrons. The van der Waals surface area contributed by atoms with Crippen molar-refractivity contribution in [1.82, 2.24) is 14.8 Å². The van der Waals surface area contributed by atoms with Crippen LogP contribution in [0.5, 0.6) is 5.75 Å². The number of carbonyl (C=O) groups is 1. The van der Waals surface area contributed by atoms with Gasteiger partial charge in [-0.1, -0.05) is 58.9 Å². The van der Waals surface area contributed by atoms with Crippen LogP contribution < -0.4 is 10.1 Å². The lowest BCUT2D eigenvalue weighted by Crippen LogP contribution is -2.29. The molecule has 1 aromatic heterocycles. The van der Waals surface area contributed by atoms with E-state index in [-0.39, 0.29) is 0 Å². The van der Waals surface area contributed by atoms with Gasteiger partial charge in [-0.2, -0.15) is 4.98 Å². The van der Waals surface area contributed by atoms with E-state index in [1.807, 2.05) is 62.4 Å². The smallest absolute Gasteiger partial charge is 0.338 e. The van der Waals surface area contributed by atoms with Gasteiger partial charge in [-0.3, -0.25) is 0 Å². The molecule has 0 amide bonds. The molecule has 1 unspecified atom stereocenters. The molecule has 2 aromatic carbocycles. The van der Waals surface area contributed by atoms with Crippen molar-refractivity contribution in [2.75, 3.05) is 18.2 Å². The highest BCUT2D eigenvalue weighted by Gasteiger charge is 2.34. The normalized spacial score (nSPS) is 15.2. The highest BCUT2D eigenvalue weighted by Crippen LogP contribution is 2.37. The van der Waals surface area contributed by atoms with Crippen molar-refractivity contribution in [2.24, 2.45) is 0 Å². The van der Waals surface area contributed by atoms with E-state index in [1.54, 1.807) is 16.4 Å². The third-order valence-corrected chi connectivity index (χ3v) is 6.27. The number of benzene rings is 2. The lowest BCUT2D eigenvalue weighted by atomic mass is 9.96. The molecule has 0 bridgehead atoms. The van der Waals surface area contributed by atoms with Gasteiger partial charge < -0.3 is 14.8 Å². The number of halogens is 1. The SMILES string of the molecule is CCSc1nc2n(n1)C(c1ccc(OCc3ccc(Br)cc3)cc1)C(C(=O)OC)=C(C)N2. The molecule has 0 saturated heterocycles. The largest absolute Gasteiger partial charge is 0.489 e. The Balaban J connectivity index is 1.62. The number of hydrogen-bond donors (Lipinski definition) is 1. The number of allylic oxidation sites excluding steroid dienone is 1. The molecule has 32 heavy (non-hydrogen) atoms. The van der Waals surface area contributed by atoms with Gasteiger partial charge in [0.2, 0.25) is 11.1 Å². The van der Waals surface area contributed by atoms with E-state index in [2.05, 4.69) is 31.3 Å². The van der Waals surface area contributed by atoms with Crippen molar-refractivity contribution in [3.8, 4) is 5.75 Å². The molecule has 0 fully saturated rings. The quantitative estimate of drug-likeness (QED) is 0.343. The summed E-state index contributed by atoms with van der Waals surface area (Å²) in [6.07, 6.45) is 0. The number of methoxy groups -OCH3 is 1. The van der Waals surface area contributed by atoms with Crippen molar-refractivity contribution >= 4 is 39.6 Å². The standard InChI is InChI=1S/C23H23BrN4O3S/c1-4-32-23-26-22-25-14(2)19(21(29)30-3)20(28(22)27-23)16-7-11-18(12-8-16)31-13-15-5-9-17(24)10-6-15/h5-12,20H,4,13H2,1-3H3,(H,25,26,27). The Bertz CT molecular complexity index is 1140. The highest BCUT2D eigenvalue weighted by atomic mass is 79.9. The minimum absolute atomic E-state index is 0.401. The van der Waals surface area contributed by atoms with E-state index in [4.69, 9.17) is 9.47 Å². The van der Waals surface area contributed by atoms with Crippen LogP contribution in [0.15, 0.2) is 69.4 Å². The van der Waals surface area contributed by atoms with Gasteiger partial charge in [0.1, 0.15) is 18.4 Å². The number of nitrogens with zero attached hydrogens (tertiary/aromatic N) is 3. The van der Waals surface area contributed by atoms with Crippen LogP contribution in [-0.2, 0) is 16.1 Å². The third-order valence-electron chi connectivity index (χ3n) is 5.03. The maximum absolute atomic E-state index is 12.6. The Morgan fingerprint density at radius 1 is 1.19 bits per heavy atom. The molecular weight excluding hydrogens is 492 g/mol. The minimum atomic E-state index is -0.446. The van der Waals surface area contributed by atoms with Gasteiger partial charge in [-0.15, -0.1) is 5.10 Å². The first-order valence-corrected chi connectivity index (χ1v) is 11.9. The zero-order valence-corrected chi connectivity index (χ0v) is 20.4. The molecule has 1 N–H and O–H groups in total. The summed E-state index contributed by atoms with van der Waals surface area (Å²) in [6.45, 7) is 4.36. The van der Waals surface area contributed by atoms with Gasteiger partial charge >= 0.3 is 5.97 Å². The fourth-order valence-corrected chi connectivity index (χ4v) is 4.32. The van der Waals surface area contributed by atoms with Gasteiger partial charge in [0.05, 0.1) is 12.7 Å². The Labute approximate surface area is 199 Å². The Morgan fingerprint density at radius 3 is 2.56 bits per heavy atom. The maximum Gasteiger partial charge on any atom is 0.338 e. The van der Waals surface area contributed by atoms with Crippen LogP contribution in [0.2, 0.25) is 0 Å². The van der Waals surface area contributed by atoms with E-state index in [1.165, 1.54) is 7.11 Å². The molecule has 1 atom stereocenters. The molecule has 1 aliphatic heterocycles. The van der Waals surface area contributed by atoms with E-state index < -0.39 is 12.0 Å². The number of nitrogens with one attached hydrogen (secondary N) is 1. The van der Waals surface area contributed by atoms with Crippen molar-refractivity contribution < 1.29 is 14.3 Å². The van der Waals surface area contributed by atoms with Crippen LogP contribution in [-0.4, -0.2) is 33.6 Å². The lowest BCUT2D eigenvalue weighted by Gasteiger charge is -2.27. The minimum Gasteiger partial charge on any atom is -0.489 e. The van der Waals surface area contributed by atoms with Gasteiger partial charge in [0.15, 0.2) is 0 Å². The number of esters is 1. The van der Waals surface area contributed by atoms with Gasteiger partial charge in [0, 0.05) is 10.2 Å². The molecule has 4 rings (SSSR count). The zero-order valence-electron chi connectivity index (χ0n) is 18.0. The molecule has 7 nitrogen and oxygen atoms in total. The van der Waals surface area contributed by atoms with Crippen LogP contribution in [0.4, 0.5) is 5.95 Å². The van der Waals surface area contributed by atoms with Crippen molar-refractivity contribution in [1.29, 1.82) is 0 Å². The maximum atomic E-state index is 12.6. The summed E-state index contributed by atoms with van der Waals surface area (Å²) in [5, 5.41) is 8.48. The second-order valence-electron chi connectivity index (χ2n) is 7.14. The molecular formula is C23H23BrN4O3S. The fraction of sp³-hybridized carbons (Fsp3) is 0.261. The first-order chi connectivity index (χ1) is 15.5. The van der Waals surface area contributed by atoms with E-state index in [9.17, 15) is 4.79 Å². The molecule has 1 aliphatic rings. The fourth-order valence-electron chi connectivity index (χ4n) is 3.50. The molecule has 166 valence electrons. The first kappa shape index (κ1) is 22.4. The molecule has 0 saturated carbocycles. The Morgan fingerprint density at radius 2 is 1.91 bits per heavy atom. The number of fused-ring (bicyclic) bond motifs is 1. The third kappa shape index (κ3) is 4.68. The summed E-state index contributed by atoms with van der Waals surface area (Å²) < 4.78 is 13.8. The number of rotatable bonds is 7. The second-order valence-corrected chi connectivity index (χ2v) is 9.28. The second kappa shape index (κ2) is 9.79. The van der Waals surface area contributed by atoms with Crippen molar-refractivity contribution in [2.45, 2.75) is 31.7 Å². The van der Waals surface area contributed by atoms with Crippen LogP contribution in [0.1, 0.15) is 31.0 Å². The summed E-state index contributed by atoms with van der Waals surface area (Å²) in [5.41, 5.74) is 3.17. The first-order valence-electron chi connectivity index (χ1n) is 10.1. The van der Waals surface area contributed by atoms with Crippen LogP contribution >= 0.6 is 27.7 Å². The number of aromatic nitrogens is 3. The summed E-state index contributed by atoms with van der Waals surface area (Å²) in [7, 11) is 1.38. The molecule has 2 heterocycles. The molecule has 0 spiro atoms. The van der Waals surface area contributed by atoms with Crippen molar-refractivity contribution in [3.63, 3.8) is 0 Å². The van der Waals surface area contributed by atoms with E-state index >= 15 is 0 Å². The summed E-state index contributed by atoms with van der Waals surface area (Å²) >= 11 is 4.99. The molecule has 0 aliphatic carbocycles. The molecule has 9 heteroatoms. The number of hydrogen-bond acceptors (Lipinski definition) is 7. The van der Waals surface area contributed by atoms with Crippen LogP contribution in [0, 0.1) is 0 Å². The number of anilines is 1. The van der Waals surface area contributed by atoms with E-state index in [0.29, 0.717) is 29.0 Å². The van der Waals surface area contributed by atoms with Gasteiger partial charge in [0.25, 0.3) is 0 Å².